The lowest BCUT2D eigenvalue weighted by atomic mass is 10.2. The van der Waals surface area contributed by atoms with Gasteiger partial charge in [-0.25, -0.2) is 4.79 Å². The second-order valence-electron chi connectivity index (χ2n) is 4.83. The lowest BCUT2D eigenvalue weighted by Gasteiger charge is -2.10. The third-order valence-corrected chi connectivity index (χ3v) is 4.26. The Kier molecular flexibility index (Phi) is 7.05. The molecule has 24 heavy (non-hydrogen) atoms. The predicted octanol–water partition coefficient (Wildman–Crippen LogP) is 3.10. The largest absolute Gasteiger partial charge is 0.383 e. The zero-order chi connectivity index (χ0) is 17.4. The number of amides is 3. The lowest BCUT2D eigenvalue weighted by molar-refractivity contribution is 0.0937. The fourth-order valence-electron chi connectivity index (χ4n) is 1.89. The van der Waals surface area contributed by atoms with Gasteiger partial charge in [-0.1, -0.05) is 17.7 Å². The summed E-state index contributed by atoms with van der Waals surface area (Å²) in [6.45, 7) is 1.28. The van der Waals surface area contributed by atoms with Gasteiger partial charge in [-0.2, -0.15) is 0 Å². The van der Waals surface area contributed by atoms with Gasteiger partial charge in [-0.05, 0) is 29.6 Å². The summed E-state index contributed by atoms with van der Waals surface area (Å²) in [7, 11) is 1.56. The molecule has 0 aliphatic rings. The molecule has 0 saturated carbocycles. The van der Waals surface area contributed by atoms with E-state index in [4.69, 9.17) is 16.3 Å². The zero-order valence-corrected chi connectivity index (χ0v) is 14.7. The predicted molar refractivity (Wildman–Crippen MR) is 95.8 cm³/mol. The number of benzene rings is 1. The topological polar surface area (TPSA) is 79.5 Å². The van der Waals surface area contributed by atoms with Crippen LogP contribution in [-0.2, 0) is 11.3 Å². The van der Waals surface area contributed by atoms with E-state index in [1.165, 1.54) is 6.07 Å². The average Bonchev–Trinajstić information content (AvgIpc) is 3.06. The van der Waals surface area contributed by atoms with Crippen LogP contribution in [0.15, 0.2) is 35.7 Å². The maximum atomic E-state index is 12.0. The van der Waals surface area contributed by atoms with E-state index in [1.807, 2.05) is 17.5 Å². The molecular weight excluding hydrogens is 350 g/mol. The van der Waals surface area contributed by atoms with Crippen molar-refractivity contribution in [3.05, 3.63) is 51.2 Å². The van der Waals surface area contributed by atoms with Gasteiger partial charge in [0.1, 0.15) is 0 Å². The monoisotopic (exact) mass is 367 g/mol. The van der Waals surface area contributed by atoms with Crippen LogP contribution in [0.5, 0.6) is 0 Å². The molecule has 0 fully saturated rings. The van der Waals surface area contributed by atoms with Crippen LogP contribution in [-0.4, -0.2) is 32.2 Å². The maximum absolute atomic E-state index is 12.0. The summed E-state index contributed by atoms with van der Waals surface area (Å²) >= 11 is 7.69. The second-order valence-corrected chi connectivity index (χ2v) is 6.27. The summed E-state index contributed by atoms with van der Waals surface area (Å²) in [6, 6.07) is 8.27. The van der Waals surface area contributed by atoms with E-state index in [2.05, 4.69) is 16.0 Å². The van der Waals surface area contributed by atoms with Crippen LogP contribution in [0.1, 0.15) is 15.2 Å². The van der Waals surface area contributed by atoms with E-state index in [0.717, 1.165) is 4.88 Å². The first-order valence-corrected chi connectivity index (χ1v) is 8.50. The fraction of sp³-hybridized carbons (Fsp3) is 0.250. The highest BCUT2D eigenvalue weighted by Gasteiger charge is 2.11. The van der Waals surface area contributed by atoms with E-state index < -0.39 is 0 Å². The summed E-state index contributed by atoms with van der Waals surface area (Å²) < 4.78 is 4.87. The van der Waals surface area contributed by atoms with Crippen molar-refractivity contribution in [2.24, 2.45) is 0 Å². The molecule has 3 N–H and O–H groups in total. The van der Waals surface area contributed by atoms with Gasteiger partial charge in [0.25, 0.3) is 5.91 Å². The minimum atomic E-state index is -0.336. The normalized spacial score (nSPS) is 10.2. The van der Waals surface area contributed by atoms with E-state index in [1.54, 1.807) is 30.6 Å². The van der Waals surface area contributed by atoms with Gasteiger partial charge in [-0.3, -0.25) is 4.79 Å². The van der Waals surface area contributed by atoms with E-state index in [9.17, 15) is 9.59 Å². The SMILES string of the molecule is COCCNC(=O)c1ccc(NC(=O)NCc2cccs2)cc1Cl. The molecule has 0 bridgehead atoms. The molecule has 0 aliphatic carbocycles. The maximum Gasteiger partial charge on any atom is 0.319 e. The summed E-state index contributed by atoms with van der Waals surface area (Å²) in [6.07, 6.45) is 0. The van der Waals surface area contributed by atoms with Gasteiger partial charge in [0.05, 0.1) is 23.7 Å². The average molecular weight is 368 g/mol. The number of urea groups is 1. The summed E-state index contributed by atoms with van der Waals surface area (Å²) in [5.74, 6) is -0.286. The molecule has 8 heteroatoms. The smallest absolute Gasteiger partial charge is 0.319 e. The Balaban J connectivity index is 1.88. The van der Waals surface area contributed by atoms with Gasteiger partial charge in [-0.15, -0.1) is 11.3 Å². The number of hydrogen-bond donors (Lipinski definition) is 3. The van der Waals surface area contributed by atoms with Gasteiger partial charge in [0.15, 0.2) is 0 Å². The molecule has 128 valence electrons. The standard InChI is InChI=1S/C16H18ClN3O3S/c1-23-7-6-18-15(21)13-5-4-11(9-14(13)17)20-16(22)19-10-12-3-2-8-24-12/h2-5,8-9H,6-7,10H2,1H3,(H,18,21)(H2,19,20,22). The Bertz CT molecular complexity index is 692. The second kappa shape index (κ2) is 9.27. The van der Waals surface area contributed by atoms with Crippen molar-refractivity contribution in [3.63, 3.8) is 0 Å². The van der Waals surface area contributed by atoms with Crippen LogP contribution in [0, 0.1) is 0 Å². The van der Waals surface area contributed by atoms with Crippen LogP contribution in [0.4, 0.5) is 10.5 Å². The molecule has 0 atom stereocenters. The molecule has 1 aromatic carbocycles. The summed E-state index contributed by atoms with van der Waals surface area (Å²) in [5, 5.41) is 10.3. The Labute approximate surface area is 149 Å². The van der Waals surface area contributed by atoms with Crippen molar-refractivity contribution < 1.29 is 14.3 Å². The minimum absolute atomic E-state index is 0.265. The molecular formula is C16H18ClN3O3S. The number of thiophene rings is 1. The van der Waals surface area contributed by atoms with Crippen molar-refractivity contribution in [1.82, 2.24) is 10.6 Å². The first kappa shape index (κ1) is 18.3. The van der Waals surface area contributed by atoms with Gasteiger partial charge in [0, 0.05) is 24.2 Å². The van der Waals surface area contributed by atoms with E-state index >= 15 is 0 Å². The van der Waals surface area contributed by atoms with Crippen LogP contribution in [0.25, 0.3) is 0 Å². The van der Waals surface area contributed by atoms with Crippen molar-refractivity contribution in [1.29, 1.82) is 0 Å². The number of carbonyl (C=O) groups excluding carboxylic acids is 2. The van der Waals surface area contributed by atoms with Crippen LogP contribution < -0.4 is 16.0 Å². The molecule has 2 rings (SSSR count). The fourth-order valence-corrected chi connectivity index (χ4v) is 2.81. The van der Waals surface area contributed by atoms with Crippen molar-refractivity contribution in [2.45, 2.75) is 6.54 Å². The third-order valence-electron chi connectivity index (χ3n) is 3.07. The number of halogens is 1. The van der Waals surface area contributed by atoms with Crippen molar-refractivity contribution >= 4 is 40.6 Å². The molecule has 0 unspecified atom stereocenters. The number of ether oxygens (including phenoxy) is 1. The van der Waals surface area contributed by atoms with Crippen LogP contribution in [0.2, 0.25) is 5.02 Å². The van der Waals surface area contributed by atoms with Gasteiger partial charge >= 0.3 is 6.03 Å². The molecule has 3 amide bonds. The van der Waals surface area contributed by atoms with E-state index in [-0.39, 0.29) is 17.0 Å². The molecule has 0 saturated heterocycles. The number of rotatable bonds is 7. The molecule has 1 heterocycles. The van der Waals surface area contributed by atoms with Crippen molar-refractivity contribution in [3.8, 4) is 0 Å². The first-order chi connectivity index (χ1) is 11.6. The third kappa shape index (κ3) is 5.52. The number of carbonyl (C=O) groups is 2. The number of anilines is 1. The Hall–Kier alpha value is -2.09. The molecule has 2 aromatic rings. The Morgan fingerprint density at radius 2 is 2.08 bits per heavy atom. The highest BCUT2D eigenvalue weighted by atomic mass is 35.5. The highest BCUT2D eigenvalue weighted by molar-refractivity contribution is 7.09. The Morgan fingerprint density at radius 1 is 1.25 bits per heavy atom. The number of nitrogens with one attached hydrogen (secondary N) is 3. The molecule has 1 aromatic heterocycles. The molecule has 0 radical (unpaired) electrons. The van der Waals surface area contributed by atoms with Gasteiger partial charge < -0.3 is 20.7 Å². The van der Waals surface area contributed by atoms with E-state index in [0.29, 0.717) is 30.9 Å². The summed E-state index contributed by atoms with van der Waals surface area (Å²) in [4.78, 5) is 24.9. The Morgan fingerprint density at radius 3 is 2.75 bits per heavy atom. The number of hydrogen-bond acceptors (Lipinski definition) is 4. The lowest BCUT2D eigenvalue weighted by Crippen LogP contribution is -2.28. The molecule has 6 nitrogen and oxygen atoms in total. The van der Waals surface area contributed by atoms with Gasteiger partial charge in [0.2, 0.25) is 0 Å². The first-order valence-electron chi connectivity index (χ1n) is 7.24. The molecule has 0 aliphatic heterocycles. The number of methoxy groups -OCH3 is 1. The minimum Gasteiger partial charge on any atom is -0.383 e. The molecule has 0 spiro atoms. The quantitative estimate of drug-likeness (QED) is 0.658. The summed E-state index contributed by atoms with van der Waals surface area (Å²) in [5.41, 5.74) is 0.856. The van der Waals surface area contributed by atoms with Crippen molar-refractivity contribution in [2.75, 3.05) is 25.6 Å². The zero-order valence-electron chi connectivity index (χ0n) is 13.1. The highest BCUT2D eigenvalue weighted by Crippen LogP contribution is 2.21. The van der Waals surface area contributed by atoms with Crippen LogP contribution in [0.3, 0.4) is 0 Å². The van der Waals surface area contributed by atoms with Crippen LogP contribution >= 0.6 is 22.9 Å².